The molecule has 0 fully saturated rings. The van der Waals surface area contributed by atoms with Crippen molar-refractivity contribution in [2.75, 3.05) is 5.32 Å². The number of alkyl halides is 2. The van der Waals surface area contributed by atoms with Crippen molar-refractivity contribution in [1.29, 1.82) is 0 Å². The molecule has 1 aromatic heterocycles. The highest BCUT2D eigenvalue weighted by molar-refractivity contribution is 6.33. The van der Waals surface area contributed by atoms with Gasteiger partial charge in [-0.1, -0.05) is 44.5 Å². The number of benzene rings is 1. The normalized spacial score (nSPS) is 11.8. The molecule has 0 aliphatic carbocycles. The molecule has 0 saturated heterocycles. The molecule has 0 atom stereocenters. The highest BCUT2D eigenvalue weighted by atomic mass is 35.5. The van der Waals surface area contributed by atoms with Gasteiger partial charge in [-0.15, -0.1) is 0 Å². The Balaban J connectivity index is 2.26. The fourth-order valence-corrected chi connectivity index (χ4v) is 2.35. The molecule has 0 aliphatic heterocycles. The second-order valence-electron chi connectivity index (χ2n) is 6.26. The number of aromatic nitrogens is 2. The number of carbonyl (C=O) groups is 1. The van der Waals surface area contributed by atoms with Crippen molar-refractivity contribution < 1.29 is 13.6 Å². The van der Waals surface area contributed by atoms with Crippen molar-refractivity contribution in [2.24, 2.45) is 7.05 Å². The maximum atomic E-state index is 13.0. The first-order valence-corrected chi connectivity index (χ1v) is 7.41. The molecule has 2 aromatic rings. The third-order valence-corrected chi connectivity index (χ3v) is 3.88. The van der Waals surface area contributed by atoms with E-state index in [1.165, 1.54) is 7.05 Å². The third kappa shape index (κ3) is 3.69. The number of hydrogen-bond acceptors (Lipinski definition) is 2. The minimum absolute atomic E-state index is 0.0158. The van der Waals surface area contributed by atoms with Gasteiger partial charge in [-0.3, -0.25) is 9.48 Å². The van der Waals surface area contributed by atoms with Crippen molar-refractivity contribution in [3.05, 3.63) is 46.2 Å². The molecule has 1 aromatic carbocycles. The summed E-state index contributed by atoms with van der Waals surface area (Å²) in [7, 11) is 1.41. The fourth-order valence-electron chi connectivity index (χ4n) is 2.13. The van der Waals surface area contributed by atoms with Crippen molar-refractivity contribution in [1.82, 2.24) is 9.78 Å². The van der Waals surface area contributed by atoms with Gasteiger partial charge in [0.15, 0.2) is 0 Å². The molecular formula is C16H18ClF2N3O. The topological polar surface area (TPSA) is 46.9 Å². The van der Waals surface area contributed by atoms with E-state index < -0.39 is 18.0 Å². The van der Waals surface area contributed by atoms with Crippen LogP contribution < -0.4 is 5.32 Å². The highest BCUT2D eigenvalue weighted by Gasteiger charge is 2.27. The van der Waals surface area contributed by atoms with Crippen LogP contribution in [-0.2, 0) is 12.5 Å². The van der Waals surface area contributed by atoms with Crippen LogP contribution in [-0.4, -0.2) is 15.7 Å². The SMILES string of the molecule is Cn1nc(C(F)F)c(C(=O)Nc2ccc(C(C)(C)C)cc2)c1Cl. The van der Waals surface area contributed by atoms with Crippen LogP contribution in [0, 0.1) is 0 Å². The Morgan fingerprint density at radius 1 is 1.26 bits per heavy atom. The summed E-state index contributed by atoms with van der Waals surface area (Å²) in [6.07, 6.45) is -2.88. The fraction of sp³-hybridized carbons (Fsp3) is 0.375. The van der Waals surface area contributed by atoms with E-state index in [2.05, 4.69) is 31.2 Å². The molecule has 124 valence electrons. The maximum absolute atomic E-state index is 13.0. The average Bonchev–Trinajstić information content (AvgIpc) is 2.75. The molecule has 0 spiro atoms. The zero-order valence-corrected chi connectivity index (χ0v) is 14.1. The zero-order chi connectivity index (χ0) is 17.4. The Bertz CT molecular complexity index is 718. The van der Waals surface area contributed by atoms with Gasteiger partial charge >= 0.3 is 0 Å². The maximum Gasteiger partial charge on any atom is 0.283 e. The number of rotatable bonds is 3. The van der Waals surface area contributed by atoms with Gasteiger partial charge in [-0.25, -0.2) is 8.78 Å². The molecule has 0 unspecified atom stereocenters. The van der Waals surface area contributed by atoms with Crippen LogP contribution in [0.3, 0.4) is 0 Å². The second-order valence-corrected chi connectivity index (χ2v) is 6.61. The summed E-state index contributed by atoms with van der Waals surface area (Å²) in [6.45, 7) is 6.22. The van der Waals surface area contributed by atoms with Crippen LogP contribution in [0.15, 0.2) is 24.3 Å². The summed E-state index contributed by atoms with van der Waals surface area (Å²) in [4.78, 5) is 12.3. The van der Waals surface area contributed by atoms with E-state index in [0.29, 0.717) is 5.69 Å². The number of hydrogen-bond donors (Lipinski definition) is 1. The van der Waals surface area contributed by atoms with Crippen LogP contribution in [0.1, 0.15) is 48.8 Å². The Kier molecular flexibility index (Phi) is 4.75. The summed E-state index contributed by atoms with van der Waals surface area (Å²) in [5, 5.41) is 6.05. The number of aryl methyl sites for hydroxylation is 1. The lowest BCUT2D eigenvalue weighted by Gasteiger charge is -2.19. The highest BCUT2D eigenvalue weighted by Crippen LogP contribution is 2.29. The van der Waals surface area contributed by atoms with Gasteiger partial charge in [-0.05, 0) is 23.1 Å². The van der Waals surface area contributed by atoms with Crippen LogP contribution in [0.2, 0.25) is 5.15 Å². The summed E-state index contributed by atoms with van der Waals surface area (Å²) >= 11 is 5.91. The lowest BCUT2D eigenvalue weighted by molar-refractivity contribution is 0.101. The quantitative estimate of drug-likeness (QED) is 0.889. The van der Waals surface area contributed by atoms with E-state index in [1.54, 1.807) is 12.1 Å². The predicted molar refractivity (Wildman–Crippen MR) is 86.3 cm³/mol. The Morgan fingerprint density at radius 3 is 2.30 bits per heavy atom. The van der Waals surface area contributed by atoms with Crippen LogP contribution in [0.25, 0.3) is 0 Å². The molecular weight excluding hydrogens is 324 g/mol. The minimum atomic E-state index is -2.88. The summed E-state index contributed by atoms with van der Waals surface area (Å²) in [5.74, 6) is -0.707. The zero-order valence-electron chi connectivity index (χ0n) is 13.3. The number of nitrogens with one attached hydrogen (secondary N) is 1. The lowest BCUT2D eigenvalue weighted by Crippen LogP contribution is -2.15. The van der Waals surface area contributed by atoms with E-state index in [9.17, 15) is 13.6 Å². The van der Waals surface area contributed by atoms with E-state index >= 15 is 0 Å². The monoisotopic (exact) mass is 341 g/mol. The molecule has 1 amide bonds. The van der Waals surface area contributed by atoms with Gasteiger partial charge in [-0.2, -0.15) is 5.10 Å². The van der Waals surface area contributed by atoms with Crippen molar-refractivity contribution in [3.8, 4) is 0 Å². The number of carbonyl (C=O) groups excluding carboxylic acids is 1. The lowest BCUT2D eigenvalue weighted by atomic mass is 9.87. The molecule has 0 aliphatic rings. The van der Waals surface area contributed by atoms with Gasteiger partial charge in [0.05, 0.1) is 0 Å². The summed E-state index contributed by atoms with van der Waals surface area (Å²) < 4.78 is 27.0. The number of amides is 1. The first kappa shape index (κ1) is 17.4. The Hall–Kier alpha value is -1.95. The summed E-state index contributed by atoms with van der Waals surface area (Å²) in [5.41, 5.74) is 0.662. The van der Waals surface area contributed by atoms with Crippen molar-refractivity contribution in [2.45, 2.75) is 32.6 Å². The Labute approximate surface area is 138 Å². The average molecular weight is 342 g/mol. The Morgan fingerprint density at radius 2 is 1.83 bits per heavy atom. The summed E-state index contributed by atoms with van der Waals surface area (Å²) in [6, 6.07) is 7.22. The number of halogens is 3. The van der Waals surface area contributed by atoms with Crippen LogP contribution in [0.4, 0.5) is 14.5 Å². The molecule has 23 heavy (non-hydrogen) atoms. The number of nitrogens with zero attached hydrogens (tertiary/aromatic N) is 2. The van der Waals surface area contributed by atoms with Gasteiger partial charge in [0.2, 0.25) is 0 Å². The first-order chi connectivity index (χ1) is 10.6. The van der Waals surface area contributed by atoms with E-state index in [4.69, 9.17) is 11.6 Å². The molecule has 1 heterocycles. The van der Waals surface area contributed by atoms with Gasteiger partial charge in [0.1, 0.15) is 16.4 Å². The molecule has 0 saturated carbocycles. The largest absolute Gasteiger partial charge is 0.322 e. The van der Waals surface area contributed by atoms with Gasteiger partial charge in [0, 0.05) is 12.7 Å². The third-order valence-electron chi connectivity index (χ3n) is 3.45. The first-order valence-electron chi connectivity index (χ1n) is 7.03. The van der Waals surface area contributed by atoms with Gasteiger partial charge < -0.3 is 5.32 Å². The van der Waals surface area contributed by atoms with Crippen molar-refractivity contribution in [3.63, 3.8) is 0 Å². The molecule has 7 heteroatoms. The van der Waals surface area contributed by atoms with Gasteiger partial charge in [0.25, 0.3) is 12.3 Å². The predicted octanol–water partition coefficient (Wildman–Crippen LogP) is 4.56. The molecule has 2 rings (SSSR count). The smallest absolute Gasteiger partial charge is 0.283 e. The minimum Gasteiger partial charge on any atom is -0.322 e. The van der Waals surface area contributed by atoms with Crippen LogP contribution >= 0.6 is 11.6 Å². The van der Waals surface area contributed by atoms with Crippen molar-refractivity contribution >= 4 is 23.2 Å². The van der Waals surface area contributed by atoms with E-state index in [1.807, 2.05) is 12.1 Å². The standard InChI is InChI=1S/C16H18ClF2N3O/c1-16(2,3)9-5-7-10(8-6-9)20-15(23)11-12(14(18)19)21-22(4)13(11)17/h5-8,14H,1-4H3,(H,20,23). The molecule has 0 radical (unpaired) electrons. The van der Waals surface area contributed by atoms with E-state index in [0.717, 1.165) is 10.2 Å². The molecule has 1 N–H and O–H groups in total. The second kappa shape index (κ2) is 6.28. The molecule has 0 bridgehead atoms. The van der Waals surface area contributed by atoms with Crippen LogP contribution in [0.5, 0.6) is 0 Å². The number of anilines is 1. The molecule has 4 nitrogen and oxygen atoms in total. The van der Waals surface area contributed by atoms with E-state index in [-0.39, 0.29) is 16.1 Å².